The van der Waals surface area contributed by atoms with Crippen LogP contribution in [-0.2, 0) is 17.6 Å². The van der Waals surface area contributed by atoms with Crippen molar-refractivity contribution < 1.29 is 4.74 Å². The van der Waals surface area contributed by atoms with Crippen molar-refractivity contribution in [3.8, 4) is 0 Å². The van der Waals surface area contributed by atoms with Gasteiger partial charge in [-0.25, -0.2) is 0 Å². The van der Waals surface area contributed by atoms with Gasteiger partial charge < -0.3 is 4.74 Å². The van der Waals surface area contributed by atoms with Crippen molar-refractivity contribution in [3.63, 3.8) is 0 Å². The van der Waals surface area contributed by atoms with Crippen LogP contribution in [0.1, 0.15) is 11.1 Å². The number of fused-ring (bicyclic) bond motifs is 1. The maximum atomic E-state index is 5.29. The quantitative estimate of drug-likeness (QED) is 0.562. The van der Waals surface area contributed by atoms with Gasteiger partial charge in [0.05, 0.1) is 13.2 Å². The van der Waals surface area contributed by atoms with Crippen LogP contribution in [0.5, 0.6) is 0 Å². The Hall–Kier alpha value is -0.820. The molecule has 0 unspecified atom stereocenters. The molecule has 1 spiro atoms. The largest absolute Gasteiger partial charge is 0.380 e. The standard InChI is InChI=1S/C11H12O/c1-2-4-10-6-11(7-12-8-11)5-9(10)3-1/h1-4H,5-8H2. The molecule has 0 saturated carbocycles. The van der Waals surface area contributed by atoms with E-state index in [1.165, 1.54) is 12.8 Å². The molecule has 2 aliphatic rings. The van der Waals surface area contributed by atoms with Crippen molar-refractivity contribution in [1.29, 1.82) is 0 Å². The SMILES string of the molecule is c1ccc2c(c1)CC1(COC1)C2. The van der Waals surface area contributed by atoms with Crippen LogP contribution in [0.4, 0.5) is 0 Å². The Morgan fingerprint density at radius 3 is 2.00 bits per heavy atom. The Balaban J connectivity index is 1.99. The summed E-state index contributed by atoms with van der Waals surface area (Å²) in [7, 11) is 0. The number of benzene rings is 1. The Labute approximate surface area is 72.4 Å². The van der Waals surface area contributed by atoms with Crippen LogP contribution in [0.25, 0.3) is 0 Å². The Morgan fingerprint density at radius 1 is 1.00 bits per heavy atom. The molecule has 62 valence electrons. The Morgan fingerprint density at radius 2 is 1.58 bits per heavy atom. The lowest BCUT2D eigenvalue weighted by atomic mass is 9.83. The minimum absolute atomic E-state index is 0.504. The highest BCUT2D eigenvalue weighted by molar-refractivity contribution is 5.35. The van der Waals surface area contributed by atoms with Gasteiger partial charge in [0.1, 0.15) is 0 Å². The molecule has 1 aromatic carbocycles. The van der Waals surface area contributed by atoms with E-state index >= 15 is 0 Å². The van der Waals surface area contributed by atoms with Gasteiger partial charge >= 0.3 is 0 Å². The number of hydrogen-bond acceptors (Lipinski definition) is 1. The molecule has 1 aliphatic heterocycles. The second-order valence-electron chi connectivity index (χ2n) is 4.12. The highest BCUT2D eigenvalue weighted by atomic mass is 16.5. The molecule has 1 aliphatic carbocycles. The summed E-state index contributed by atoms with van der Waals surface area (Å²) in [6.45, 7) is 1.95. The maximum absolute atomic E-state index is 5.29. The third kappa shape index (κ3) is 0.774. The third-order valence-electron chi connectivity index (χ3n) is 3.07. The van der Waals surface area contributed by atoms with Gasteiger partial charge in [-0.3, -0.25) is 0 Å². The van der Waals surface area contributed by atoms with Crippen molar-refractivity contribution in [2.75, 3.05) is 13.2 Å². The first-order valence-corrected chi connectivity index (χ1v) is 4.53. The predicted molar refractivity (Wildman–Crippen MR) is 47.1 cm³/mol. The van der Waals surface area contributed by atoms with Gasteiger partial charge in [-0.2, -0.15) is 0 Å². The van der Waals surface area contributed by atoms with E-state index in [0.29, 0.717) is 5.41 Å². The van der Waals surface area contributed by atoms with E-state index < -0.39 is 0 Å². The van der Waals surface area contributed by atoms with E-state index in [4.69, 9.17) is 4.74 Å². The summed E-state index contributed by atoms with van der Waals surface area (Å²) >= 11 is 0. The molecular weight excluding hydrogens is 148 g/mol. The first-order valence-electron chi connectivity index (χ1n) is 4.53. The van der Waals surface area contributed by atoms with E-state index in [9.17, 15) is 0 Å². The van der Waals surface area contributed by atoms with Crippen molar-refractivity contribution in [1.82, 2.24) is 0 Å². The average Bonchev–Trinajstić information content (AvgIpc) is 2.42. The molecule has 1 nitrogen and oxygen atoms in total. The summed E-state index contributed by atoms with van der Waals surface area (Å²) in [5, 5.41) is 0. The summed E-state index contributed by atoms with van der Waals surface area (Å²) in [6.07, 6.45) is 2.48. The predicted octanol–water partition coefficient (Wildman–Crippen LogP) is 1.80. The minimum atomic E-state index is 0.504. The van der Waals surface area contributed by atoms with E-state index in [1.54, 1.807) is 11.1 Å². The Bertz CT molecular complexity index is 286. The van der Waals surface area contributed by atoms with Gasteiger partial charge in [-0.05, 0) is 24.0 Å². The zero-order valence-corrected chi connectivity index (χ0v) is 7.05. The first kappa shape index (κ1) is 6.67. The average molecular weight is 160 g/mol. The van der Waals surface area contributed by atoms with Crippen LogP contribution in [0.15, 0.2) is 24.3 Å². The fourth-order valence-corrected chi connectivity index (χ4v) is 2.37. The van der Waals surface area contributed by atoms with Gasteiger partial charge in [0.25, 0.3) is 0 Å². The van der Waals surface area contributed by atoms with E-state index in [-0.39, 0.29) is 0 Å². The van der Waals surface area contributed by atoms with Crippen LogP contribution < -0.4 is 0 Å². The summed E-state index contributed by atoms with van der Waals surface area (Å²) in [5.74, 6) is 0. The molecule has 0 N–H and O–H groups in total. The fraction of sp³-hybridized carbons (Fsp3) is 0.455. The van der Waals surface area contributed by atoms with Gasteiger partial charge in [-0.15, -0.1) is 0 Å². The van der Waals surface area contributed by atoms with Crippen LogP contribution in [0, 0.1) is 5.41 Å². The van der Waals surface area contributed by atoms with Gasteiger partial charge in [0.2, 0.25) is 0 Å². The molecule has 1 saturated heterocycles. The topological polar surface area (TPSA) is 9.23 Å². The molecule has 0 bridgehead atoms. The number of hydrogen-bond donors (Lipinski definition) is 0. The third-order valence-corrected chi connectivity index (χ3v) is 3.07. The molecule has 1 aromatic rings. The van der Waals surface area contributed by atoms with Crippen LogP contribution >= 0.6 is 0 Å². The second-order valence-corrected chi connectivity index (χ2v) is 4.12. The minimum Gasteiger partial charge on any atom is -0.380 e. The summed E-state index contributed by atoms with van der Waals surface area (Å²) in [6, 6.07) is 8.78. The van der Waals surface area contributed by atoms with E-state index in [0.717, 1.165) is 13.2 Å². The summed E-state index contributed by atoms with van der Waals surface area (Å²) < 4.78 is 5.29. The lowest BCUT2D eigenvalue weighted by molar-refractivity contribution is -0.106. The fourth-order valence-electron chi connectivity index (χ4n) is 2.37. The second kappa shape index (κ2) is 2.11. The molecule has 3 rings (SSSR count). The first-order chi connectivity index (χ1) is 5.88. The zero-order chi connectivity index (χ0) is 8.02. The highest BCUT2D eigenvalue weighted by Crippen LogP contribution is 2.42. The number of rotatable bonds is 0. The van der Waals surface area contributed by atoms with Crippen molar-refractivity contribution in [2.24, 2.45) is 5.41 Å². The lowest BCUT2D eigenvalue weighted by Gasteiger charge is -2.37. The van der Waals surface area contributed by atoms with Gasteiger partial charge in [0.15, 0.2) is 0 Å². The smallest absolute Gasteiger partial charge is 0.0551 e. The van der Waals surface area contributed by atoms with E-state index in [1.807, 2.05) is 0 Å². The summed E-state index contributed by atoms with van der Waals surface area (Å²) in [4.78, 5) is 0. The lowest BCUT2D eigenvalue weighted by Crippen LogP contribution is -2.43. The molecule has 12 heavy (non-hydrogen) atoms. The molecule has 0 amide bonds. The summed E-state index contributed by atoms with van der Waals surface area (Å²) in [5.41, 5.74) is 3.59. The monoisotopic (exact) mass is 160 g/mol. The molecule has 1 heteroatoms. The maximum Gasteiger partial charge on any atom is 0.0551 e. The molecule has 1 heterocycles. The molecule has 0 radical (unpaired) electrons. The molecule has 0 aromatic heterocycles. The normalized spacial score (nSPS) is 23.7. The number of ether oxygens (including phenoxy) is 1. The van der Waals surface area contributed by atoms with Crippen molar-refractivity contribution >= 4 is 0 Å². The van der Waals surface area contributed by atoms with Crippen molar-refractivity contribution in [2.45, 2.75) is 12.8 Å². The van der Waals surface area contributed by atoms with Gasteiger partial charge in [0, 0.05) is 5.41 Å². The molecule has 0 atom stereocenters. The molecular formula is C11H12O. The van der Waals surface area contributed by atoms with Gasteiger partial charge in [-0.1, -0.05) is 24.3 Å². The van der Waals surface area contributed by atoms with Crippen LogP contribution in [0.2, 0.25) is 0 Å². The zero-order valence-electron chi connectivity index (χ0n) is 7.05. The molecule has 1 fully saturated rings. The van der Waals surface area contributed by atoms with Crippen LogP contribution in [0.3, 0.4) is 0 Å². The highest BCUT2D eigenvalue weighted by Gasteiger charge is 2.43. The van der Waals surface area contributed by atoms with Crippen LogP contribution in [-0.4, -0.2) is 13.2 Å². The van der Waals surface area contributed by atoms with Crippen molar-refractivity contribution in [3.05, 3.63) is 35.4 Å². The Kier molecular flexibility index (Phi) is 1.17. The van der Waals surface area contributed by atoms with E-state index in [2.05, 4.69) is 24.3 Å².